The molecule has 3 heterocycles. The van der Waals surface area contributed by atoms with E-state index in [1.807, 2.05) is 4.90 Å². The van der Waals surface area contributed by atoms with E-state index in [-0.39, 0.29) is 27.6 Å². The molecule has 1 saturated heterocycles. The Morgan fingerprint density at radius 3 is 2.56 bits per heavy atom. The second-order valence-corrected chi connectivity index (χ2v) is 9.77. The number of ether oxygens (including phenoxy) is 2. The SMILES string of the molecule is O=C(N[C@H](CN1CCCC1)[C@H](O)c1ccc2c(c1)OCCO2)C(F)(F)c1cc2cc(Cl)cc(Cl)c2o1. The zero-order valence-corrected chi connectivity index (χ0v) is 20.6. The van der Waals surface area contributed by atoms with Gasteiger partial charge in [0, 0.05) is 17.0 Å². The van der Waals surface area contributed by atoms with Crippen molar-refractivity contribution in [1.29, 1.82) is 0 Å². The maximum Gasteiger partial charge on any atom is 0.380 e. The number of furan rings is 1. The molecule has 0 spiro atoms. The minimum Gasteiger partial charge on any atom is -0.486 e. The zero-order chi connectivity index (χ0) is 25.4. The third-order valence-electron chi connectivity index (χ3n) is 6.39. The van der Waals surface area contributed by atoms with E-state index < -0.39 is 29.7 Å². The predicted molar refractivity (Wildman–Crippen MR) is 130 cm³/mol. The van der Waals surface area contributed by atoms with Gasteiger partial charge in [-0.05, 0) is 61.8 Å². The van der Waals surface area contributed by atoms with Crippen LogP contribution in [0, 0.1) is 0 Å². The second kappa shape index (κ2) is 10.0. The van der Waals surface area contributed by atoms with E-state index in [1.54, 1.807) is 18.2 Å². The summed E-state index contributed by atoms with van der Waals surface area (Å²) in [7, 11) is 0. The molecule has 0 saturated carbocycles. The number of fused-ring (bicyclic) bond motifs is 2. The highest BCUT2D eigenvalue weighted by molar-refractivity contribution is 6.38. The fourth-order valence-electron chi connectivity index (χ4n) is 4.55. The fourth-order valence-corrected chi connectivity index (χ4v) is 5.09. The number of rotatable bonds is 7. The van der Waals surface area contributed by atoms with Gasteiger partial charge in [-0.15, -0.1) is 0 Å². The molecule has 3 aromatic rings. The van der Waals surface area contributed by atoms with Gasteiger partial charge in [0.25, 0.3) is 5.91 Å². The molecule has 2 aliphatic heterocycles. The summed E-state index contributed by atoms with van der Waals surface area (Å²) >= 11 is 12.0. The summed E-state index contributed by atoms with van der Waals surface area (Å²) in [5, 5.41) is 14.1. The van der Waals surface area contributed by atoms with Crippen LogP contribution in [-0.4, -0.2) is 54.8 Å². The fraction of sp³-hybridized carbons (Fsp3) is 0.400. The molecule has 0 radical (unpaired) electrons. The van der Waals surface area contributed by atoms with Crippen molar-refractivity contribution < 1.29 is 32.6 Å². The number of likely N-dealkylation sites (tertiary alicyclic amines) is 1. The third-order valence-corrected chi connectivity index (χ3v) is 6.89. The summed E-state index contributed by atoms with van der Waals surface area (Å²) < 4.78 is 46.9. The summed E-state index contributed by atoms with van der Waals surface area (Å²) in [6.45, 7) is 2.47. The van der Waals surface area contributed by atoms with E-state index in [9.17, 15) is 9.90 Å². The smallest absolute Gasteiger partial charge is 0.380 e. The molecule has 2 N–H and O–H groups in total. The van der Waals surface area contributed by atoms with Gasteiger partial charge < -0.3 is 29.2 Å². The van der Waals surface area contributed by atoms with Gasteiger partial charge in [-0.2, -0.15) is 8.78 Å². The van der Waals surface area contributed by atoms with E-state index in [1.165, 1.54) is 12.1 Å². The van der Waals surface area contributed by atoms with E-state index in [2.05, 4.69) is 5.32 Å². The number of benzene rings is 2. The van der Waals surface area contributed by atoms with Crippen LogP contribution in [0.15, 0.2) is 40.8 Å². The van der Waals surface area contributed by atoms with E-state index >= 15 is 8.78 Å². The van der Waals surface area contributed by atoms with Gasteiger partial charge in [-0.3, -0.25) is 4.79 Å². The van der Waals surface area contributed by atoms with Crippen LogP contribution in [0.3, 0.4) is 0 Å². The van der Waals surface area contributed by atoms with Crippen molar-refractivity contribution in [2.24, 2.45) is 0 Å². The highest BCUT2D eigenvalue weighted by atomic mass is 35.5. The van der Waals surface area contributed by atoms with Gasteiger partial charge >= 0.3 is 5.92 Å². The highest BCUT2D eigenvalue weighted by Crippen LogP contribution is 2.38. The summed E-state index contributed by atoms with van der Waals surface area (Å²) in [4.78, 5) is 14.9. The van der Waals surface area contributed by atoms with Crippen molar-refractivity contribution in [3.8, 4) is 11.5 Å². The molecule has 2 aliphatic rings. The van der Waals surface area contributed by atoms with Crippen LogP contribution < -0.4 is 14.8 Å². The van der Waals surface area contributed by atoms with E-state index in [0.717, 1.165) is 32.0 Å². The number of aliphatic hydroxyl groups excluding tert-OH is 1. The first-order valence-electron chi connectivity index (χ1n) is 11.6. The Kier molecular flexibility index (Phi) is 7.00. The number of aliphatic hydroxyl groups is 1. The van der Waals surface area contributed by atoms with Crippen LogP contribution in [0.5, 0.6) is 11.5 Å². The van der Waals surface area contributed by atoms with Crippen molar-refractivity contribution in [3.63, 3.8) is 0 Å². The Labute approximate surface area is 215 Å². The molecule has 192 valence electrons. The maximum atomic E-state index is 15.3. The summed E-state index contributed by atoms with van der Waals surface area (Å²) in [6.07, 6.45) is 0.642. The molecule has 5 rings (SSSR count). The molecule has 36 heavy (non-hydrogen) atoms. The standard InChI is InChI=1S/C25H24Cl2F2N2O5/c26-16-9-15-11-21(36-23(15)17(27)12-16)25(28,29)24(33)30-18(13-31-5-1-2-6-31)22(32)14-3-4-19-20(10-14)35-8-7-34-19/h3-4,9-12,18,22,32H,1-2,5-8,13H2,(H,30,33)/t18-,22-/m1/s1. The average molecular weight is 541 g/mol. The first kappa shape index (κ1) is 25.1. The summed E-state index contributed by atoms with van der Waals surface area (Å²) in [5.41, 5.74) is 0.422. The number of hydrogen-bond donors (Lipinski definition) is 2. The molecule has 1 amide bonds. The lowest BCUT2D eigenvalue weighted by atomic mass is 10.0. The second-order valence-electron chi connectivity index (χ2n) is 8.93. The molecule has 0 unspecified atom stereocenters. The lowest BCUT2D eigenvalue weighted by molar-refractivity contribution is -0.151. The predicted octanol–water partition coefficient (Wildman–Crippen LogP) is 4.92. The zero-order valence-electron chi connectivity index (χ0n) is 19.1. The maximum absolute atomic E-state index is 15.3. The first-order valence-corrected chi connectivity index (χ1v) is 12.4. The van der Waals surface area contributed by atoms with Crippen molar-refractivity contribution in [3.05, 3.63) is 57.8 Å². The number of amides is 1. The number of carbonyl (C=O) groups is 1. The van der Waals surface area contributed by atoms with Crippen LogP contribution in [0.1, 0.15) is 30.3 Å². The molecule has 11 heteroatoms. The number of halogens is 4. The summed E-state index contributed by atoms with van der Waals surface area (Å²) in [5.74, 6) is -5.50. The lowest BCUT2D eigenvalue weighted by Gasteiger charge is -2.30. The minimum absolute atomic E-state index is 0.00784. The van der Waals surface area contributed by atoms with E-state index in [4.69, 9.17) is 37.1 Å². The molecule has 2 aromatic carbocycles. The van der Waals surface area contributed by atoms with Crippen LogP contribution >= 0.6 is 23.2 Å². The van der Waals surface area contributed by atoms with Gasteiger partial charge in [-0.1, -0.05) is 29.3 Å². The van der Waals surface area contributed by atoms with Gasteiger partial charge in [0.15, 0.2) is 22.8 Å². The van der Waals surface area contributed by atoms with Crippen LogP contribution in [0.25, 0.3) is 11.0 Å². The van der Waals surface area contributed by atoms with Crippen molar-refractivity contribution in [2.45, 2.75) is 30.9 Å². The van der Waals surface area contributed by atoms with Crippen molar-refractivity contribution in [1.82, 2.24) is 10.2 Å². The monoisotopic (exact) mass is 540 g/mol. The van der Waals surface area contributed by atoms with Gasteiger partial charge in [0.2, 0.25) is 0 Å². The number of carbonyl (C=O) groups excluding carboxylic acids is 1. The molecular weight excluding hydrogens is 517 g/mol. The molecule has 0 aliphatic carbocycles. The van der Waals surface area contributed by atoms with Gasteiger partial charge in [-0.25, -0.2) is 0 Å². The Hall–Kier alpha value is -2.59. The van der Waals surface area contributed by atoms with Crippen LogP contribution in [0.4, 0.5) is 8.78 Å². The van der Waals surface area contributed by atoms with E-state index in [0.29, 0.717) is 30.3 Å². The quantitative estimate of drug-likeness (QED) is 0.442. The molecule has 0 bridgehead atoms. The average Bonchev–Trinajstić information content (AvgIpc) is 3.53. The number of nitrogens with one attached hydrogen (secondary N) is 1. The van der Waals surface area contributed by atoms with Gasteiger partial charge in [0.1, 0.15) is 19.3 Å². The lowest BCUT2D eigenvalue weighted by Crippen LogP contribution is -2.50. The minimum atomic E-state index is -4.02. The Bertz CT molecular complexity index is 1280. The van der Waals surface area contributed by atoms with Crippen molar-refractivity contribution >= 4 is 40.1 Å². The number of alkyl halides is 2. The Morgan fingerprint density at radius 1 is 1.08 bits per heavy atom. The number of nitrogens with zero attached hydrogens (tertiary/aromatic N) is 1. The molecule has 1 fully saturated rings. The molecule has 7 nitrogen and oxygen atoms in total. The Morgan fingerprint density at radius 2 is 1.81 bits per heavy atom. The molecule has 2 atom stereocenters. The molecule has 1 aromatic heterocycles. The normalized spacial score (nSPS) is 17.8. The largest absolute Gasteiger partial charge is 0.486 e. The topological polar surface area (TPSA) is 84.2 Å². The number of hydrogen-bond acceptors (Lipinski definition) is 6. The van der Waals surface area contributed by atoms with Crippen LogP contribution in [0.2, 0.25) is 10.0 Å². The first-order chi connectivity index (χ1) is 17.2. The molecular formula is C25H24Cl2F2N2O5. The van der Waals surface area contributed by atoms with Crippen LogP contribution in [-0.2, 0) is 10.7 Å². The highest BCUT2D eigenvalue weighted by Gasteiger charge is 2.46. The summed E-state index contributed by atoms with van der Waals surface area (Å²) in [6, 6.07) is 7.69. The third kappa shape index (κ3) is 4.98. The Balaban J connectivity index is 1.40. The van der Waals surface area contributed by atoms with Gasteiger partial charge in [0.05, 0.1) is 11.1 Å². The van der Waals surface area contributed by atoms with Crippen molar-refractivity contribution in [2.75, 3.05) is 32.8 Å².